The molecule has 0 saturated heterocycles. The van der Waals surface area contributed by atoms with E-state index in [0.717, 1.165) is 19.3 Å². The number of carbonyl (C=O) groups excluding carboxylic acids is 2. The van der Waals surface area contributed by atoms with Crippen molar-refractivity contribution in [3.8, 4) is 5.75 Å². The zero-order valence-corrected chi connectivity index (χ0v) is 17.1. The quantitative estimate of drug-likeness (QED) is 0.243. The highest BCUT2D eigenvalue weighted by atomic mass is 16.6. The van der Waals surface area contributed by atoms with E-state index in [4.69, 9.17) is 9.47 Å². The van der Waals surface area contributed by atoms with E-state index in [1.165, 1.54) is 11.1 Å². The first kappa shape index (κ1) is 21.7. The van der Waals surface area contributed by atoms with Crippen LogP contribution in [0.25, 0.3) is 0 Å². The van der Waals surface area contributed by atoms with Gasteiger partial charge in [-0.1, -0.05) is 61.9 Å². The SMILES string of the molecule is CCC(CC)(C(=O)OCCCCc1ccc(C)cc1)C(=O)Oc1ccccc1. The fraction of sp³-hybridized carbons (Fsp3) is 0.417. The minimum absolute atomic E-state index is 0.311. The highest BCUT2D eigenvalue weighted by Gasteiger charge is 2.46. The van der Waals surface area contributed by atoms with Gasteiger partial charge in [-0.05, 0) is 56.7 Å². The number of unbranched alkanes of at least 4 members (excludes halogenated alkanes) is 1. The minimum Gasteiger partial charge on any atom is -0.465 e. The Morgan fingerprint density at radius 3 is 2.11 bits per heavy atom. The van der Waals surface area contributed by atoms with Gasteiger partial charge in [-0.15, -0.1) is 0 Å². The minimum atomic E-state index is -1.26. The summed E-state index contributed by atoms with van der Waals surface area (Å²) < 4.78 is 10.9. The number of para-hydroxylation sites is 1. The molecule has 2 aromatic carbocycles. The van der Waals surface area contributed by atoms with Crippen molar-refractivity contribution in [2.45, 2.75) is 52.9 Å². The molecule has 0 amide bonds. The first-order valence-electron chi connectivity index (χ1n) is 10.0. The lowest BCUT2D eigenvalue weighted by atomic mass is 9.82. The van der Waals surface area contributed by atoms with Crippen molar-refractivity contribution in [2.75, 3.05) is 6.61 Å². The summed E-state index contributed by atoms with van der Waals surface area (Å²) in [6.07, 6.45) is 3.32. The van der Waals surface area contributed by atoms with Crippen LogP contribution in [0.5, 0.6) is 5.75 Å². The third-order valence-electron chi connectivity index (χ3n) is 5.16. The molecule has 0 aliphatic heterocycles. The molecular formula is C24H30O4. The van der Waals surface area contributed by atoms with Crippen LogP contribution in [0.4, 0.5) is 0 Å². The average Bonchev–Trinajstić information content (AvgIpc) is 2.71. The molecule has 0 fully saturated rings. The maximum absolute atomic E-state index is 12.7. The molecule has 2 rings (SSSR count). The van der Waals surface area contributed by atoms with E-state index in [2.05, 4.69) is 31.2 Å². The molecule has 0 bridgehead atoms. The number of hydrogen-bond donors (Lipinski definition) is 0. The second-order valence-electron chi connectivity index (χ2n) is 7.07. The first-order chi connectivity index (χ1) is 13.5. The van der Waals surface area contributed by atoms with Gasteiger partial charge in [-0.2, -0.15) is 0 Å². The number of aryl methyl sites for hydroxylation is 2. The van der Waals surface area contributed by atoms with Gasteiger partial charge in [0.25, 0.3) is 0 Å². The van der Waals surface area contributed by atoms with E-state index in [-0.39, 0.29) is 0 Å². The van der Waals surface area contributed by atoms with Gasteiger partial charge in [0.1, 0.15) is 5.75 Å². The monoisotopic (exact) mass is 382 g/mol. The van der Waals surface area contributed by atoms with E-state index < -0.39 is 17.4 Å². The van der Waals surface area contributed by atoms with E-state index in [0.29, 0.717) is 25.2 Å². The molecule has 2 aromatic rings. The standard InChI is InChI=1S/C24H30O4/c1-4-24(5-2,23(26)28-21-12-7-6-8-13-21)22(25)27-18-10-9-11-20-16-14-19(3)15-17-20/h6-8,12-17H,4-5,9-11,18H2,1-3H3. The van der Waals surface area contributed by atoms with Gasteiger partial charge < -0.3 is 9.47 Å². The molecule has 0 saturated carbocycles. The summed E-state index contributed by atoms with van der Waals surface area (Å²) in [5.74, 6) is -0.605. The molecule has 0 aliphatic carbocycles. The van der Waals surface area contributed by atoms with Crippen molar-refractivity contribution in [2.24, 2.45) is 5.41 Å². The fourth-order valence-corrected chi connectivity index (χ4v) is 3.09. The summed E-state index contributed by atoms with van der Waals surface area (Å²) in [5.41, 5.74) is 1.27. The van der Waals surface area contributed by atoms with E-state index in [9.17, 15) is 9.59 Å². The van der Waals surface area contributed by atoms with Crippen molar-refractivity contribution in [1.29, 1.82) is 0 Å². The fourth-order valence-electron chi connectivity index (χ4n) is 3.09. The van der Waals surface area contributed by atoms with Crippen LogP contribution >= 0.6 is 0 Å². The summed E-state index contributed by atoms with van der Waals surface area (Å²) in [6.45, 7) is 6.01. The highest BCUT2D eigenvalue weighted by Crippen LogP contribution is 2.31. The van der Waals surface area contributed by atoms with Crippen LogP contribution in [0.15, 0.2) is 54.6 Å². The van der Waals surface area contributed by atoms with Crippen LogP contribution < -0.4 is 4.74 Å². The van der Waals surface area contributed by atoms with Crippen LogP contribution in [0.1, 0.15) is 50.7 Å². The zero-order valence-electron chi connectivity index (χ0n) is 17.1. The Kier molecular flexibility index (Phi) is 8.24. The summed E-state index contributed by atoms with van der Waals surface area (Å²) in [7, 11) is 0. The predicted molar refractivity (Wildman–Crippen MR) is 110 cm³/mol. The molecule has 0 aromatic heterocycles. The third kappa shape index (κ3) is 5.69. The maximum Gasteiger partial charge on any atom is 0.328 e. The first-order valence-corrected chi connectivity index (χ1v) is 10.0. The Morgan fingerprint density at radius 2 is 1.50 bits per heavy atom. The second-order valence-corrected chi connectivity index (χ2v) is 7.07. The summed E-state index contributed by atoms with van der Waals surface area (Å²) in [5, 5.41) is 0. The summed E-state index contributed by atoms with van der Waals surface area (Å²) in [4.78, 5) is 25.4. The second kappa shape index (κ2) is 10.6. The number of ether oxygens (including phenoxy) is 2. The Morgan fingerprint density at radius 1 is 0.857 bits per heavy atom. The Hall–Kier alpha value is -2.62. The van der Waals surface area contributed by atoms with Crippen molar-refractivity contribution in [3.63, 3.8) is 0 Å². The molecular weight excluding hydrogens is 352 g/mol. The molecule has 4 heteroatoms. The average molecular weight is 383 g/mol. The van der Waals surface area contributed by atoms with E-state index >= 15 is 0 Å². The molecule has 0 aliphatic rings. The molecule has 4 nitrogen and oxygen atoms in total. The lowest BCUT2D eigenvalue weighted by Crippen LogP contribution is -2.42. The topological polar surface area (TPSA) is 52.6 Å². The van der Waals surface area contributed by atoms with Gasteiger partial charge in [0.15, 0.2) is 5.41 Å². The van der Waals surface area contributed by atoms with Crippen LogP contribution in [-0.4, -0.2) is 18.5 Å². The van der Waals surface area contributed by atoms with Crippen molar-refractivity contribution < 1.29 is 19.1 Å². The molecule has 28 heavy (non-hydrogen) atoms. The number of hydrogen-bond acceptors (Lipinski definition) is 4. The smallest absolute Gasteiger partial charge is 0.328 e. The normalized spacial score (nSPS) is 11.1. The van der Waals surface area contributed by atoms with Crippen LogP contribution in [0.2, 0.25) is 0 Å². The van der Waals surface area contributed by atoms with Gasteiger partial charge in [0.2, 0.25) is 0 Å². The predicted octanol–water partition coefficient (Wildman–Crippen LogP) is 5.27. The van der Waals surface area contributed by atoms with Gasteiger partial charge in [0.05, 0.1) is 6.61 Å². The molecule has 0 N–H and O–H groups in total. The Bertz CT molecular complexity index is 746. The molecule has 0 atom stereocenters. The van der Waals surface area contributed by atoms with E-state index in [1.54, 1.807) is 24.3 Å². The number of esters is 2. The molecule has 0 radical (unpaired) electrons. The van der Waals surface area contributed by atoms with Crippen LogP contribution in [0.3, 0.4) is 0 Å². The summed E-state index contributed by atoms with van der Waals surface area (Å²) >= 11 is 0. The lowest BCUT2D eigenvalue weighted by molar-refractivity contribution is -0.168. The van der Waals surface area contributed by atoms with Gasteiger partial charge in [0, 0.05) is 0 Å². The van der Waals surface area contributed by atoms with Crippen LogP contribution in [0, 0.1) is 12.3 Å². The van der Waals surface area contributed by atoms with Crippen LogP contribution in [-0.2, 0) is 20.7 Å². The molecule has 0 heterocycles. The van der Waals surface area contributed by atoms with Crippen molar-refractivity contribution in [1.82, 2.24) is 0 Å². The third-order valence-corrected chi connectivity index (χ3v) is 5.16. The number of benzene rings is 2. The maximum atomic E-state index is 12.7. The zero-order chi connectivity index (χ0) is 20.4. The molecule has 0 unspecified atom stereocenters. The Balaban J connectivity index is 1.85. The number of carbonyl (C=O) groups is 2. The molecule has 150 valence electrons. The number of rotatable bonds is 10. The lowest BCUT2D eigenvalue weighted by Gasteiger charge is -2.26. The van der Waals surface area contributed by atoms with Gasteiger partial charge >= 0.3 is 11.9 Å². The van der Waals surface area contributed by atoms with E-state index in [1.807, 2.05) is 19.9 Å². The largest absolute Gasteiger partial charge is 0.465 e. The summed E-state index contributed by atoms with van der Waals surface area (Å²) in [6, 6.07) is 17.3. The molecule has 0 spiro atoms. The van der Waals surface area contributed by atoms with Crippen molar-refractivity contribution >= 4 is 11.9 Å². The van der Waals surface area contributed by atoms with Gasteiger partial charge in [-0.25, -0.2) is 0 Å². The van der Waals surface area contributed by atoms with Crippen molar-refractivity contribution in [3.05, 3.63) is 65.7 Å². The Labute approximate surface area is 167 Å². The highest BCUT2D eigenvalue weighted by molar-refractivity contribution is 6.00. The van der Waals surface area contributed by atoms with Gasteiger partial charge in [-0.3, -0.25) is 9.59 Å².